The highest BCUT2D eigenvalue weighted by molar-refractivity contribution is 6.30. The van der Waals surface area contributed by atoms with E-state index < -0.39 is 11.6 Å². The maximum atomic E-state index is 13.8. The highest BCUT2D eigenvalue weighted by atomic mass is 35.5. The molecule has 5 rings (SSSR count). The number of rotatable bonds is 4. The van der Waals surface area contributed by atoms with Crippen molar-refractivity contribution in [2.45, 2.75) is 25.8 Å². The monoisotopic (exact) mass is 455 g/mol. The first kappa shape index (κ1) is 20.6. The van der Waals surface area contributed by atoms with Crippen molar-refractivity contribution in [1.82, 2.24) is 24.8 Å². The van der Waals surface area contributed by atoms with E-state index in [2.05, 4.69) is 30.5 Å². The first-order chi connectivity index (χ1) is 15.5. The van der Waals surface area contributed by atoms with E-state index in [1.165, 1.54) is 6.07 Å². The zero-order chi connectivity index (χ0) is 22.2. The lowest BCUT2D eigenvalue weighted by Gasteiger charge is -2.33. The maximum Gasteiger partial charge on any atom is 0.243 e. The minimum atomic E-state index is -0.926. The van der Waals surface area contributed by atoms with Gasteiger partial charge in [0, 0.05) is 30.9 Å². The van der Waals surface area contributed by atoms with Gasteiger partial charge in [0.05, 0.1) is 22.6 Å². The molecule has 0 spiro atoms. The molecular weight excluding hydrogens is 436 g/mol. The van der Waals surface area contributed by atoms with Crippen molar-refractivity contribution in [3.05, 3.63) is 65.1 Å². The zero-order valence-corrected chi connectivity index (χ0v) is 18.0. The Morgan fingerprint density at radius 2 is 1.91 bits per heavy atom. The van der Waals surface area contributed by atoms with E-state index in [9.17, 15) is 8.78 Å². The Hall–Kier alpha value is -3.33. The molecule has 0 atom stereocenters. The molecular formula is C22H20ClF2N7. The Balaban J connectivity index is 1.35. The van der Waals surface area contributed by atoms with Crippen LogP contribution >= 0.6 is 11.6 Å². The molecule has 1 aliphatic rings. The highest BCUT2D eigenvalue weighted by Crippen LogP contribution is 2.29. The lowest BCUT2D eigenvalue weighted by Crippen LogP contribution is -2.39. The van der Waals surface area contributed by atoms with Gasteiger partial charge >= 0.3 is 0 Å². The normalized spacial score (nSPS) is 14.8. The molecule has 4 aromatic rings. The number of nitrogens with zero attached hydrogens (tertiary/aromatic N) is 6. The number of halogens is 3. The molecule has 1 saturated heterocycles. The van der Waals surface area contributed by atoms with Gasteiger partial charge in [0.1, 0.15) is 0 Å². The Bertz CT molecular complexity index is 1280. The topological polar surface area (TPSA) is 71.2 Å². The van der Waals surface area contributed by atoms with Crippen molar-refractivity contribution in [3.8, 4) is 11.1 Å². The minimum absolute atomic E-state index is 0.210. The Morgan fingerprint density at radius 1 is 1.09 bits per heavy atom. The lowest BCUT2D eigenvalue weighted by molar-refractivity contribution is 0.509. The van der Waals surface area contributed by atoms with Crippen LogP contribution in [-0.2, 0) is 0 Å². The number of benzene rings is 1. The largest absolute Gasteiger partial charge is 0.370 e. The van der Waals surface area contributed by atoms with Crippen LogP contribution in [0.1, 0.15) is 18.5 Å². The molecule has 164 valence electrons. The molecule has 3 aromatic heterocycles. The van der Waals surface area contributed by atoms with Crippen molar-refractivity contribution >= 4 is 28.9 Å². The molecule has 0 saturated carbocycles. The second-order valence-electron chi connectivity index (χ2n) is 7.87. The van der Waals surface area contributed by atoms with E-state index in [4.69, 9.17) is 11.6 Å². The summed E-state index contributed by atoms with van der Waals surface area (Å²) in [5.41, 5.74) is 3.54. The van der Waals surface area contributed by atoms with Gasteiger partial charge in [0.25, 0.3) is 0 Å². The molecule has 1 aliphatic heterocycles. The third-order valence-corrected chi connectivity index (χ3v) is 5.79. The summed E-state index contributed by atoms with van der Waals surface area (Å²) in [5, 5.41) is 16.4. The van der Waals surface area contributed by atoms with Crippen LogP contribution < -0.4 is 10.2 Å². The van der Waals surface area contributed by atoms with E-state index in [1.54, 1.807) is 23.0 Å². The molecule has 1 N–H and O–H groups in total. The molecule has 32 heavy (non-hydrogen) atoms. The first-order valence-electron chi connectivity index (χ1n) is 10.3. The van der Waals surface area contributed by atoms with Gasteiger partial charge in [-0.15, -0.1) is 5.10 Å². The van der Waals surface area contributed by atoms with Crippen LogP contribution in [0.3, 0.4) is 0 Å². The molecule has 1 fully saturated rings. The van der Waals surface area contributed by atoms with Gasteiger partial charge in [-0.2, -0.15) is 15.2 Å². The molecule has 0 unspecified atom stereocenters. The third-order valence-electron chi connectivity index (χ3n) is 5.59. The van der Waals surface area contributed by atoms with E-state index in [0.717, 1.165) is 49.4 Å². The number of piperidine rings is 1. The Kier molecular flexibility index (Phi) is 5.34. The van der Waals surface area contributed by atoms with Crippen molar-refractivity contribution in [3.63, 3.8) is 0 Å². The molecule has 1 aromatic carbocycles. The Labute approximate surface area is 188 Å². The summed E-state index contributed by atoms with van der Waals surface area (Å²) < 4.78 is 28.7. The molecule has 0 amide bonds. The van der Waals surface area contributed by atoms with Crippen LogP contribution in [0.2, 0.25) is 5.02 Å². The predicted molar refractivity (Wildman–Crippen MR) is 119 cm³/mol. The van der Waals surface area contributed by atoms with E-state index in [1.807, 2.05) is 13.0 Å². The fraction of sp³-hybridized carbons (Fsp3) is 0.273. The number of fused-ring (bicyclic) bond motifs is 1. The van der Waals surface area contributed by atoms with Crippen LogP contribution in [0.5, 0.6) is 0 Å². The van der Waals surface area contributed by atoms with E-state index in [-0.39, 0.29) is 6.04 Å². The number of pyridine rings is 1. The van der Waals surface area contributed by atoms with Crippen molar-refractivity contribution < 1.29 is 8.78 Å². The van der Waals surface area contributed by atoms with Gasteiger partial charge in [-0.25, -0.2) is 13.3 Å². The number of aryl methyl sites for hydroxylation is 1. The van der Waals surface area contributed by atoms with Crippen LogP contribution in [0.25, 0.3) is 16.8 Å². The number of hydrogen-bond donors (Lipinski definition) is 1. The minimum Gasteiger partial charge on any atom is -0.370 e. The summed E-state index contributed by atoms with van der Waals surface area (Å²) in [6.07, 6.45) is 5.25. The fourth-order valence-corrected chi connectivity index (χ4v) is 4.19. The van der Waals surface area contributed by atoms with Crippen LogP contribution in [-0.4, -0.2) is 43.9 Å². The average molecular weight is 456 g/mol. The molecule has 4 heterocycles. The van der Waals surface area contributed by atoms with Gasteiger partial charge in [0.2, 0.25) is 5.95 Å². The predicted octanol–water partition coefficient (Wildman–Crippen LogP) is 4.51. The zero-order valence-electron chi connectivity index (χ0n) is 17.3. The second-order valence-corrected chi connectivity index (χ2v) is 8.30. The molecule has 0 aliphatic carbocycles. The van der Waals surface area contributed by atoms with E-state index >= 15 is 0 Å². The summed E-state index contributed by atoms with van der Waals surface area (Å²) in [6.45, 7) is 3.69. The number of aromatic nitrogens is 5. The summed E-state index contributed by atoms with van der Waals surface area (Å²) in [7, 11) is 0. The van der Waals surface area contributed by atoms with Crippen LogP contribution in [0.4, 0.5) is 20.4 Å². The molecule has 10 heteroatoms. The molecule has 0 bridgehead atoms. The van der Waals surface area contributed by atoms with Crippen molar-refractivity contribution in [1.29, 1.82) is 0 Å². The number of anilines is 2. The van der Waals surface area contributed by atoms with Gasteiger partial charge in [0.15, 0.2) is 17.3 Å². The van der Waals surface area contributed by atoms with E-state index in [0.29, 0.717) is 27.7 Å². The SMILES string of the molecule is Cc1cc(N2CCC(Nc3nc4c(-c5ccc(F)c(F)c5)cc(Cl)cn4n3)CC2)cnn1. The standard InChI is InChI=1S/C22H20ClF2N7/c1-13-8-17(11-26-29-13)31-6-4-16(5-7-31)27-22-28-21-18(10-15(23)12-32(21)30-22)14-2-3-19(24)20(25)9-14/h2-3,8-12,16H,4-7H2,1H3,(H,27,30). The van der Waals surface area contributed by atoms with Gasteiger partial charge in [-0.05, 0) is 49.6 Å². The van der Waals surface area contributed by atoms with Gasteiger partial charge in [-0.1, -0.05) is 17.7 Å². The summed E-state index contributed by atoms with van der Waals surface area (Å²) >= 11 is 6.24. The summed E-state index contributed by atoms with van der Waals surface area (Å²) in [5.74, 6) is -1.36. The Morgan fingerprint density at radius 3 is 2.66 bits per heavy atom. The van der Waals surface area contributed by atoms with Crippen LogP contribution in [0, 0.1) is 18.6 Å². The number of nitrogens with one attached hydrogen (secondary N) is 1. The van der Waals surface area contributed by atoms with Crippen molar-refractivity contribution in [2.24, 2.45) is 0 Å². The van der Waals surface area contributed by atoms with Crippen molar-refractivity contribution in [2.75, 3.05) is 23.3 Å². The average Bonchev–Trinajstić information content (AvgIpc) is 3.17. The fourth-order valence-electron chi connectivity index (χ4n) is 3.99. The highest BCUT2D eigenvalue weighted by Gasteiger charge is 2.22. The maximum absolute atomic E-state index is 13.8. The smallest absolute Gasteiger partial charge is 0.243 e. The number of hydrogen-bond acceptors (Lipinski definition) is 6. The van der Waals surface area contributed by atoms with Crippen LogP contribution in [0.15, 0.2) is 42.7 Å². The summed E-state index contributed by atoms with van der Waals surface area (Å²) in [6, 6.07) is 7.64. The van der Waals surface area contributed by atoms with Gasteiger partial charge in [-0.3, -0.25) is 0 Å². The third kappa shape index (κ3) is 4.08. The quantitative estimate of drug-likeness (QED) is 0.488. The first-order valence-corrected chi connectivity index (χ1v) is 10.7. The second kappa shape index (κ2) is 8.31. The molecule has 0 radical (unpaired) electrons. The van der Waals surface area contributed by atoms with Gasteiger partial charge < -0.3 is 10.2 Å². The molecule has 7 nitrogen and oxygen atoms in total. The lowest BCUT2D eigenvalue weighted by atomic mass is 10.0. The summed E-state index contributed by atoms with van der Waals surface area (Å²) in [4.78, 5) is 6.89.